The standard InChI is InChI=1S/C20H22N2O4/c1-11-7-12-13(8-18(11)26-4)16-9-17(23)14(19(24)25)10-21(16)22-15(12)5-6-20(22,2)3/h7-10,15H,5-6H2,1-4H3,(H,24,25). The first-order valence-electron chi connectivity index (χ1n) is 8.73. The number of nitrogens with zero attached hydrogens (tertiary/aromatic N) is 2. The van der Waals surface area contributed by atoms with Gasteiger partial charge >= 0.3 is 5.97 Å². The van der Waals surface area contributed by atoms with Gasteiger partial charge in [-0.15, -0.1) is 0 Å². The van der Waals surface area contributed by atoms with Crippen molar-refractivity contribution in [1.82, 2.24) is 4.68 Å². The van der Waals surface area contributed by atoms with Crippen LogP contribution >= 0.6 is 0 Å². The van der Waals surface area contributed by atoms with E-state index in [0.29, 0.717) is 5.69 Å². The van der Waals surface area contributed by atoms with Crippen LogP contribution in [-0.2, 0) is 0 Å². The molecule has 0 aliphatic carbocycles. The fraction of sp³-hybridized carbons (Fsp3) is 0.400. The van der Waals surface area contributed by atoms with Crippen LogP contribution in [0.5, 0.6) is 5.75 Å². The third kappa shape index (κ3) is 2.18. The normalized spacial score (nSPS) is 19.5. The second-order valence-corrected chi connectivity index (χ2v) is 7.71. The molecule has 1 saturated heterocycles. The lowest BCUT2D eigenvalue weighted by Crippen LogP contribution is -2.50. The SMILES string of the molecule is COc1cc2c(cc1C)C1CCC(C)(C)N1n1cc(C(=O)O)c(=O)cc1-2. The number of ether oxygens (including phenoxy) is 1. The van der Waals surface area contributed by atoms with E-state index in [0.717, 1.165) is 35.3 Å². The number of carboxylic acids is 1. The van der Waals surface area contributed by atoms with Gasteiger partial charge in [-0.1, -0.05) is 0 Å². The topological polar surface area (TPSA) is 71.8 Å². The summed E-state index contributed by atoms with van der Waals surface area (Å²) in [5.74, 6) is -0.443. The first-order chi connectivity index (χ1) is 12.2. The minimum atomic E-state index is -1.20. The summed E-state index contributed by atoms with van der Waals surface area (Å²) in [5, 5.41) is 11.6. The van der Waals surface area contributed by atoms with Crippen molar-refractivity contribution in [1.29, 1.82) is 0 Å². The van der Waals surface area contributed by atoms with Crippen LogP contribution < -0.4 is 15.2 Å². The van der Waals surface area contributed by atoms with Gasteiger partial charge in [0.15, 0.2) is 5.43 Å². The van der Waals surface area contributed by atoms with E-state index in [-0.39, 0.29) is 17.1 Å². The maximum atomic E-state index is 12.4. The van der Waals surface area contributed by atoms with Crippen LogP contribution in [0.15, 0.2) is 29.2 Å². The second-order valence-electron chi connectivity index (χ2n) is 7.71. The number of hydrogen-bond donors (Lipinski definition) is 1. The highest BCUT2D eigenvalue weighted by Gasteiger charge is 2.45. The molecule has 0 saturated carbocycles. The number of aryl methyl sites for hydroxylation is 1. The molecule has 0 amide bonds. The van der Waals surface area contributed by atoms with Crippen LogP contribution in [0.1, 0.15) is 54.2 Å². The molecular weight excluding hydrogens is 332 g/mol. The predicted molar refractivity (Wildman–Crippen MR) is 98.7 cm³/mol. The van der Waals surface area contributed by atoms with Gasteiger partial charge in [0, 0.05) is 17.8 Å². The number of carbonyl (C=O) groups is 1. The Bertz CT molecular complexity index is 990. The number of carboxylic acid groups (broad SMARTS) is 1. The van der Waals surface area contributed by atoms with E-state index in [1.807, 2.05) is 17.7 Å². The zero-order chi connectivity index (χ0) is 18.8. The highest BCUT2D eigenvalue weighted by Crippen LogP contribution is 2.49. The smallest absolute Gasteiger partial charge is 0.341 e. The monoisotopic (exact) mass is 354 g/mol. The number of rotatable bonds is 2. The molecule has 1 atom stereocenters. The number of aromatic nitrogens is 1. The minimum absolute atomic E-state index is 0.140. The molecule has 6 nitrogen and oxygen atoms in total. The Morgan fingerprint density at radius 1 is 1.31 bits per heavy atom. The number of hydrogen-bond acceptors (Lipinski definition) is 4. The van der Waals surface area contributed by atoms with Crippen molar-refractivity contribution < 1.29 is 14.6 Å². The van der Waals surface area contributed by atoms with Gasteiger partial charge in [-0.05, 0) is 56.9 Å². The summed E-state index contributed by atoms with van der Waals surface area (Å²) in [6, 6.07) is 5.66. The molecule has 2 aliphatic heterocycles. The van der Waals surface area contributed by atoms with Crippen LogP contribution in [0.2, 0.25) is 0 Å². The molecule has 136 valence electrons. The van der Waals surface area contributed by atoms with Gasteiger partial charge in [-0.3, -0.25) is 14.5 Å². The molecule has 2 aliphatic rings. The Labute approximate surface area is 151 Å². The van der Waals surface area contributed by atoms with Crippen LogP contribution in [-0.4, -0.2) is 28.4 Å². The number of benzene rings is 1. The van der Waals surface area contributed by atoms with Gasteiger partial charge in [0.1, 0.15) is 11.3 Å². The summed E-state index contributed by atoms with van der Waals surface area (Å²) in [4.78, 5) is 23.9. The van der Waals surface area contributed by atoms with Crippen LogP contribution in [0.25, 0.3) is 11.3 Å². The first-order valence-corrected chi connectivity index (χ1v) is 8.73. The average Bonchev–Trinajstić information content (AvgIpc) is 2.89. The van der Waals surface area contributed by atoms with E-state index in [1.165, 1.54) is 12.3 Å². The molecule has 0 spiro atoms. The lowest BCUT2D eigenvalue weighted by atomic mass is 9.92. The average molecular weight is 354 g/mol. The molecular formula is C20H22N2O4. The van der Waals surface area contributed by atoms with Gasteiger partial charge in [-0.2, -0.15) is 0 Å². The molecule has 3 heterocycles. The van der Waals surface area contributed by atoms with Crippen molar-refractivity contribution in [3.05, 3.63) is 51.3 Å². The zero-order valence-corrected chi connectivity index (χ0v) is 15.4. The lowest BCUT2D eigenvalue weighted by Gasteiger charge is -2.44. The minimum Gasteiger partial charge on any atom is -0.496 e. The van der Waals surface area contributed by atoms with E-state index >= 15 is 0 Å². The van der Waals surface area contributed by atoms with E-state index in [9.17, 15) is 14.7 Å². The maximum Gasteiger partial charge on any atom is 0.341 e. The summed E-state index contributed by atoms with van der Waals surface area (Å²) in [7, 11) is 1.63. The largest absolute Gasteiger partial charge is 0.496 e. The van der Waals surface area contributed by atoms with Gasteiger partial charge in [0.2, 0.25) is 0 Å². The Balaban J connectivity index is 2.07. The van der Waals surface area contributed by atoms with E-state index in [2.05, 4.69) is 24.9 Å². The third-order valence-electron chi connectivity index (χ3n) is 5.64. The quantitative estimate of drug-likeness (QED) is 0.897. The molecule has 1 N–H and O–H groups in total. The van der Waals surface area contributed by atoms with E-state index in [1.54, 1.807) is 7.11 Å². The highest BCUT2D eigenvalue weighted by molar-refractivity contribution is 5.88. The van der Waals surface area contributed by atoms with Crippen molar-refractivity contribution in [3.8, 4) is 17.0 Å². The van der Waals surface area contributed by atoms with Crippen molar-refractivity contribution in [2.24, 2.45) is 0 Å². The van der Waals surface area contributed by atoms with Crippen molar-refractivity contribution in [2.45, 2.75) is 45.2 Å². The predicted octanol–water partition coefficient (Wildman–Crippen LogP) is 3.10. The summed E-state index contributed by atoms with van der Waals surface area (Å²) in [5.41, 5.74) is 3.02. The van der Waals surface area contributed by atoms with Gasteiger partial charge in [0.25, 0.3) is 0 Å². The van der Waals surface area contributed by atoms with Crippen LogP contribution in [0.3, 0.4) is 0 Å². The molecule has 1 aromatic carbocycles. The summed E-state index contributed by atoms with van der Waals surface area (Å²) < 4.78 is 7.34. The third-order valence-corrected chi connectivity index (χ3v) is 5.64. The van der Waals surface area contributed by atoms with Crippen molar-refractivity contribution in [3.63, 3.8) is 0 Å². The zero-order valence-electron chi connectivity index (χ0n) is 15.4. The molecule has 6 heteroatoms. The maximum absolute atomic E-state index is 12.4. The molecule has 1 fully saturated rings. The Morgan fingerprint density at radius 2 is 2.04 bits per heavy atom. The van der Waals surface area contributed by atoms with Crippen LogP contribution in [0.4, 0.5) is 0 Å². The van der Waals surface area contributed by atoms with Crippen LogP contribution in [0, 0.1) is 6.92 Å². The summed E-state index contributed by atoms with van der Waals surface area (Å²) in [6.45, 7) is 6.31. The Kier molecular flexibility index (Phi) is 3.45. The van der Waals surface area contributed by atoms with Gasteiger partial charge < -0.3 is 9.84 Å². The summed E-state index contributed by atoms with van der Waals surface area (Å²) >= 11 is 0. The fourth-order valence-corrected chi connectivity index (χ4v) is 4.37. The number of fused-ring (bicyclic) bond motifs is 6. The molecule has 2 aromatic rings. The van der Waals surface area contributed by atoms with Crippen molar-refractivity contribution in [2.75, 3.05) is 12.1 Å². The number of pyridine rings is 1. The fourth-order valence-electron chi connectivity index (χ4n) is 4.37. The molecule has 4 rings (SSSR count). The van der Waals surface area contributed by atoms with E-state index < -0.39 is 11.4 Å². The molecule has 1 unspecified atom stereocenters. The molecule has 1 aromatic heterocycles. The number of aromatic carboxylic acids is 1. The Hall–Kier alpha value is -2.76. The van der Waals surface area contributed by atoms with Gasteiger partial charge in [-0.25, -0.2) is 4.79 Å². The Morgan fingerprint density at radius 3 is 2.69 bits per heavy atom. The molecule has 0 radical (unpaired) electrons. The number of methoxy groups -OCH3 is 1. The van der Waals surface area contributed by atoms with Gasteiger partial charge in [0.05, 0.1) is 24.4 Å². The first kappa shape index (κ1) is 16.7. The second kappa shape index (κ2) is 5.37. The summed E-state index contributed by atoms with van der Waals surface area (Å²) in [6.07, 6.45) is 3.42. The lowest BCUT2D eigenvalue weighted by molar-refractivity contribution is 0.0694. The van der Waals surface area contributed by atoms with E-state index in [4.69, 9.17) is 4.74 Å². The highest BCUT2D eigenvalue weighted by atomic mass is 16.5. The molecule has 0 bridgehead atoms. The molecule has 26 heavy (non-hydrogen) atoms. The van der Waals surface area contributed by atoms with Crippen molar-refractivity contribution >= 4 is 5.97 Å².